The summed E-state index contributed by atoms with van der Waals surface area (Å²) in [7, 11) is 0. The zero-order valence-electron chi connectivity index (χ0n) is 6.60. The number of halogens is 1. The number of ether oxygens (including phenoxy) is 1. The van der Waals surface area contributed by atoms with E-state index in [-0.39, 0.29) is 32.9 Å². The van der Waals surface area contributed by atoms with Crippen LogP contribution in [0.3, 0.4) is 0 Å². The molecule has 1 rings (SSSR count). The maximum absolute atomic E-state index is 11.3. The molecule has 1 fully saturated rings. The first-order valence-corrected chi connectivity index (χ1v) is 6.47. The summed E-state index contributed by atoms with van der Waals surface area (Å²) in [6.45, 7) is 2.33. The van der Waals surface area contributed by atoms with Gasteiger partial charge in [-0.3, -0.25) is 0 Å². The van der Waals surface area contributed by atoms with Gasteiger partial charge < -0.3 is 0 Å². The molecule has 0 aromatic rings. The first kappa shape index (κ1) is 9.25. The van der Waals surface area contributed by atoms with Gasteiger partial charge in [0.2, 0.25) is 0 Å². The Morgan fingerprint density at radius 3 is 2.73 bits per heavy atom. The van der Waals surface area contributed by atoms with Gasteiger partial charge in [0.15, 0.2) is 0 Å². The van der Waals surface area contributed by atoms with Crippen molar-refractivity contribution in [2.75, 3.05) is 11.0 Å². The van der Waals surface area contributed by atoms with E-state index in [1.54, 1.807) is 0 Å². The van der Waals surface area contributed by atoms with Crippen LogP contribution < -0.4 is 25.4 Å². The quantitative estimate of drug-likeness (QED) is 0.262. The van der Waals surface area contributed by atoms with Crippen LogP contribution in [0.1, 0.15) is 19.8 Å². The van der Waals surface area contributed by atoms with E-state index in [4.69, 9.17) is 8.68 Å². The van der Waals surface area contributed by atoms with Crippen molar-refractivity contribution in [2.45, 2.75) is 19.8 Å². The van der Waals surface area contributed by atoms with Crippen molar-refractivity contribution in [3.8, 4) is 0 Å². The van der Waals surface area contributed by atoms with Gasteiger partial charge in [0.05, 0.1) is 0 Å². The molecule has 0 aromatic heterocycles. The van der Waals surface area contributed by atoms with Gasteiger partial charge in [-0.15, -0.1) is 0 Å². The molecule has 0 unspecified atom stereocenters. The first-order valence-electron chi connectivity index (χ1n) is 3.70. The monoisotopic (exact) mass is 270 g/mol. The average Bonchev–Trinajstić information content (AvgIpc) is 2.71. The van der Waals surface area contributed by atoms with E-state index < -0.39 is 0 Å². The molecule has 3 nitrogen and oxygen atoms in total. The molecule has 0 amide bonds. The molecule has 4 heteroatoms. The molecule has 66 valence electrons. The molecule has 0 radical (unpaired) electrons. The normalized spacial score (nSPS) is 19.8. The van der Waals surface area contributed by atoms with Crippen LogP contribution in [-0.2, 0) is 9.53 Å². The summed E-state index contributed by atoms with van der Waals surface area (Å²) in [6, 6.07) is 0. The fraction of sp³-hybridized carbons (Fsp3) is 0.857. The van der Waals surface area contributed by atoms with Crippen LogP contribution in [-0.4, -0.2) is 17.0 Å². The summed E-state index contributed by atoms with van der Waals surface area (Å²) in [6.07, 6.45) is 1.98. The Balaban J connectivity index is 2.38. The number of hydrogen-bond donors (Lipinski definition) is 1. The molecule has 11 heavy (non-hydrogen) atoms. The Hall–Kier alpha value is 0.160. The van der Waals surface area contributed by atoms with Gasteiger partial charge in [-0.1, -0.05) is 0 Å². The Morgan fingerprint density at radius 2 is 2.36 bits per heavy atom. The van der Waals surface area contributed by atoms with Crippen molar-refractivity contribution in [1.29, 1.82) is 0 Å². The Labute approximate surface area is 77.3 Å². The van der Waals surface area contributed by atoms with E-state index in [2.05, 4.69) is 0 Å². The minimum atomic E-state index is -0.266. The molecule has 1 aliphatic carbocycles. The standard InChI is InChI=1S/C7H13INO2/c1-2-11-6(10)7(3-4-7)5-8-9/h2-5,9H2,1H3/q-1. The van der Waals surface area contributed by atoms with E-state index in [9.17, 15) is 4.79 Å². The van der Waals surface area contributed by atoms with Crippen LogP contribution >= 0.6 is 0 Å². The van der Waals surface area contributed by atoms with Gasteiger partial charge in [-0.25, -0.2) is 0 Å². The Bertz CT molecular complexity index is 157. The van der Waals surface area contributed by atoms with E-state index >= 15 is 0 Å². The van der Waals surface area contributed by atoms with Crippen LogP contribution in [0.5, 0.6) is 0 Å². The van der Waals surface area contributed by atoms with Crippen molar-refractivity contribution in [2.24, 2.45) is 9.36 Å². The summed E-state index contributed by atoms with van der Waals surface area (Å²) in [4.78, 5) is 11.3. The van der Waals surface area contributed by atoms with Crippen molar-refractivity contribution in [3.63, 3.8) is 0 Å². The number of hydrogen-bond acceptors (Lipinski definition) is 3. The molecule has 1 aliphatic rings. The number of nitrogens with two attached hydrogens (primary N) is 1. The van der Waals surface area contributed by atoms with Gasteiger partial charge in [-0.05, 0) is 0 Å². The van der Waals surface area contributed by atoms with Crippen LogP contribution in [0, 0.1) is 5.41 Å². The Morgan fingerprint density at radius 1 is 1.73 bits per heavy atom. The zero-order chi connectivity index (χ0) is 8.32. The Kier molecular flexibility index (Phi) is 3.12. The van der Waals surface area contributed by atoms with E-state index in [1.165, 1.54) is 0 Å². The topological polar surface area (TPSA) is 52.3 Å². The SMILES string of the molecule is CCOC(=O)C1(C[I-]N)CC1. The van der Waals surface area contributed by atoms with Crippen LogP contribution in [0.25, 0.3) is 0 Å². The third-order valence-electron chi connectivity index (χ3n) is 1.89. The van der Waals surface area contributed by atoms with Crippen LogP contribution in [0.2, 0.25) is 0 Å². The molecular weight excluding hydrogens is 257 g/mol. The molecule has 0 bridgehead atoms. The fourth-order valence-electron chi connectivity index (χ4n) is 0.975. The summed E-state index contributed by atoms with van der Waals surface area (Å²) in [5, 5.41) is 0. The second-order valence-corrected chi connectivity index (χ2v) is 4.43. The molecule has 0 aliphatic heterocycles. The van der Waals surface area contributed by atoms with E-state index in [0.29, 0.717) is 6.61 Å². The summed E-state index contributed by atoms with van der Waals surface area (Å²) >= 11 is -0.266. The third kappa shape index (κ3) is 2.05. The molecule has 0 saturated heterocycles. The van der Waals surface area contributed by atoms with Crippen molar-refractivity contribution in [1.82, 2.24) is 0 Å². The van der Waals surface area contributed by atoms with Gasteiger partial charge in [0, 0.05) is 0 Å². The van der Waals surface area contributed by atoms with Gasteiger partial charge >= 0.3 is 77.1 Å². The number of rotatable bonds is 4. The van der Waals surface area contributed by atoms with E-state index in [0.717, 1.165) is 17.3 Å². The summed E-state index contributed by atoms with van der Waals surface area (Å²) in [5.74, 6) is -0.0230. The molecule has 0 aromatic carbocycles. The molecule has 0 atom stereocenters. The van der Waals surface area contributed by atoms with Gasteiger partial charge in [-0.2, -0.15) is 0 Å². The second kappa shape index (κ2) is 3.71. The predicted molar refractivity (Wildman–Crippen MR) is 37.4 cm³/mol. The predicted octanol–water partition coefficient (Wildman–Crippen LogP) is -2.71. The van der Waals surface area contributed by atoms with Crippen molar-refractivity contribution >= 4 is 5.97 Å². The first-order chi connectivity index (χ1) is 5.25. The maximum atomic E-state index is 11.3. The average molecular weight is 270 g/mol. The molecular formula is C7H13INO2-. The van der Waals surface area contributed by atoms with Gasteiger partial charge in [0.25, 0.3) is 0 Å². The number of esters is 1. The van der Waals surface area contributed by atoms with Gasteiger partial charge in [0.1, 0.15) is 0 Å². The number of carbonyl (C=O) groups excluding carboxylic acids is 1. The number of alkyl halides is 1. The fourth-order valence-corrected chi connectivity index (χ4v) is 2.89. The summed E-state index contributed by atoms with van der Waals surface area (Å²) < 4.78 is 11.3. The summed E-state index contributed by atoms with van der Waals surface area (Å²) in [5.41, 5.74) is -0.127. The van der Waals surface area contributed by atoms with Crippen molar-refractivity contribution < 1.29 is 31.0 Å². The molecule has 1 saturated carbocycles. The number of carbonyl (C=O) groups is 1. The van der Waals surface area contributed by atoms with Crippen molar-refractivity contribution in [3.05, 3.63) is 0 Å². The molecule has 0 spiro atoms. The van der Waals surface area contributed by atoms with E-state index in [1.807, 2.05) is 6.92 Å². The second-order valence-electron chi connectivity index (χ2n) is 2.79. The molecule has 0 heterocycles. The third-order valence-corrected chi connectivity index (χ3v) is 3.80. The minimum absolute atomic E-state index is 0.0230. The zero-order valence-corrected chi connectivity index (χ0v) is 8.76. The van der Waals surface area contributed by atoms with Crippen LogP contribution in [0.4, 0.5) is 0 Å². The van der Waals surface area contributed by atoms with Crippen LogP contribution in [0.15, 0.2) is 0 Å². The molecule has 2 N–H and O–H groups in total.